The highest BCUT2D eigenvalue weighted by Gasteiger charge is 1.95. The highest BCUT2D eigenvalue weighted by atomic mass is 16.3. The lowest BCUT2D eigenvalue weighted by molar-refractivity contribution is 0.475. The summed E-state index contributed by atoms with van der Waals surface area (Å²) < 4.78 is 0. The number of nitrogens with zero attached hydrogens (tertiary/aromatic N) is 2. The Hall–Kier alpha value is -2.63. The summed E-state index contributed by atoms with van der Waals surface area (Å²) in [6, 6.07) is 7.96. The number of hydrazone groups is 1. The standard InChI is InChI=1S/C12H12N4O2/c1-8-6-11(18)15-12(14-8)16-13-7-9-2-4-10(17)5-3-9/h2-7,17H,1H3,(H2,14,15,16,18)/b13-7-. The summed E-state index contributed by atoms with van der Waals surface area (Å²) in [5.74, 6) is 0.486. The Morgan fingerprint density at radius 1 is 1.39 bits per heavy atom. The van der Waals surface area contributed by atoms with Crippen LogP contribution >= 0.6 is 0 Å². The largest absolute Gasteiger partial charge is 0.508 e. The number of phenolic OH excluding ortho intramolecular Hbond substituents is 1. The number of anilines is 1. The van der Waals surface area contributed by atoms with Crippen LogP contribution in [0.4, 0.5) is 5.95 Å². The van der Waals surface area contributed by atoms with E-state index in [2.05, 4.69) is 20.5 Å². The van der Waals surface area contributed by atoms with Gasteiger partial charge in [0.05, 0.1) is 6.21 Å². The number of aromatic amines is 1. The molecule has 1 heterocycles. The number of aromatic hydroxyl groups is 1. The van der Waals surface area contributed by atoms with Gasteiger partial charge >= 0.3 is 0 Å². The average Bonchev–Trinajstić information content (AvgIpc) is 2.30. The monoisotopic (exact) mass is 244 g/mol. The molecule has 0 atom stereocenters. The molecule has 1 aromatic heterocycles. The number of hydrogen-bond donors (Lipinski definition) is 3. The maximum absolute atomic E-state index is 11.2. The van der Waals surface area contributed by atoms with Crippen molar-refractivity contribution in [3.63, 3.8) is 0 Å². The summed E-state index contributed by atoms with van der Waals surface area (Å²) in [6.07, 6.45) is 1.56. The maximum Gasteiger partial charge on any atom is 0.252 e. The van der Waals surface area contributed by atoms with E-state index in [1.54, 1.807) is 37.4 Å². The van der Waals surface area contributed by atoms with Crippen molar-refractivity contribution in [1.29, 1.82) is 0 Å². The molecule has 0 saturated carbocycles. The number of aryl methyl sites for hydroxylation is 1. The second kappa shape index (κ2) is 5.13. The van der Waals surface area contributed by atoms with E-state index in [-0.39, 0.29) is 17.3 Å². The normalized spacial score (nSPS) is 10.7. The molecule has 2 aromatic rings. The first-order chi connectivity index (χ1) is 8.63. The molecule has 2 rings (SSSR count). The van der Waals surface area contributed by atoms with Gasteiger partial charge in [0.1, 0.15) is 5.75 Å². The molecule has 0 aliphatic heterocycles. The molecule has 0 radical (unpaired) electrons. The van der Waals surface area contributed by atoms with Crippen LogP contribution in [0.25, 0.3) is 0 Å². The fourth-order valence-electron chi connectivity index (χ4n) is 1.36. The highest BCUT2D eigenvalue weighted by Crippen LogP contribution is 2.07. The van der Waals surface area contributed by atoms with Gasteiger partial charge in [-0.05, 0) is 36.8 Å². The SMILES string of the molecule is Cc1cc(=O)[nH]c(N/N=C\c2ccc(O)cc2)n1. The van der Waals surface area contributed by atoms with Crippen molar-refractivity contribution in [3.05, 3.63) is 51.9 Å². The Bertz CT molecular complexity index is 617. The number of nitrogens with one attached hydrogen (secondary N) is 2. The van der Waals surface area contributed by atoms with Gasteiger partial charge in [0, 0.05) is 11.8 Å². The molecule has 92 valence electrons. The molecular formula is C12H12N4O2. The topological polar surface area (TPSA) is 90.4 Å². The van der Waals surface area contributed by atoms with Gasteiger partial charge < -0.3 is 5.11 Å². The summed E-state index contributed by atoms with van der Waals surface area (Å²) in [6.45, 7) is 1.73. The third-order valence-corrected chi connectivity index (χ3v) is 2.15. The van der Waals surface area contributed by atoms with Crippen LogP contribution in [0.2, 0.25) is 0 Å². The van der Waals surface area contributed by atoms with Crippen LogP contribution in [-0.2, 0) is 0 Å². The summed E-state index contributed by atoms with van der Waals surface area (Å²) in [5.41, 5.74) is 3.83. The third-order valence-electron chi connectivity index (χ3n) is 2.15. The first kappa shape index (κ1) is 11.8. The number of aromatic nitrogens is 2. The van der Waals surface area contributed by atoms with Crippen molar-refractivity contribution >= 4 is 12.2 Å². The summed E-state index contributed by atoms with van der Waals surface area (Å²) in [5, 5.41) is 13.0. The molecule has 0 saturated heterocycles. The maximum atomic E-state index is 11.2. The lowest BCUT2D eigenvalue weighted by Crippen LogP contribution is -2.10. The lowest BCUT2D eigenvalue weighted by Gasteiger charge is -1.99. The Balaban J connectivity index is 2.07. The summed E-state index contributed by atoms with van der Waals surface area (Å²) in [7, 11) is 0. The zero-order chi connectivity index (χ0) is 13.0. The van der Waals surface area contributed by atoms with Crippen molar-refractivity contribution in [2.24, 2.45) is 5.10 Å². The van der Waals surface area contributed by atoms with Crippen molar-refractivity contribution < 1.29 is 5.11 Å². The second-order valence-corrected chi connectivity index (χ2v) is 3.70. The molecule has 0 unspecified atom stereocenters. The Labute approximate surface area is 103 Å². The van der Waals surface area contributed by atoms with Gasteiger partial charge in [-0.25, -0.2) is 10.4 Å². The molecule has 0 fully saturated rings. The van der Waals surface area contributed by atoms with Crippen LogP contribution < -0.4 is 11.0 Å². The molecule has 18 heavy (non-hydrogen) atoms. The van der Waals surface area contributed by atoms with Gasteiger partial charge in [-0.3, -0.25) is 9.78 Å². The first-order valence-corrected chi connectivity index (χ1v) is 5.29. The van der Waals surface area contributed by atoms with Gasteiger partial charge in [-0.1, -0.05) is 0 Å². The smallest absolute Gasteiger partial charge is 0.252 e. The number of H-pyrrole nitrogens is 1. The molecular weight excluding hydrogens is 232 g/mol. The highest BCUT2D eigenvalue weighted by molar-refractivity contribution is 5.80. The zero-order valence-electron chi connectivity index (χ0n) is 9.71. The fraction of sp³-hybridized carbons (Fsp3) is 0.0833. The predicted molar refractivity (Wildman–Crippen MR) is 68.9 cm³/mol. The Kier molecular flexibility index (Phi) is 3.38. The summed E-state index contributed by atoms with van der Waals surface area (Å²) in [4.78, 5) is 17.7. The minimum absolute atomic E-state index is 0.199. The molecule has 1 aromatic carbocycles. The zero-order valence-corrected chi connectivity index (χ0v) is 9.71. The van der Waals surface area contributed by atoms with Gasteiger partial charge in [0.25, 0.3) is 5.56 Å². The van der Waals surface area contributed by atoms with Gasteiger partial charge in [-0.15, -0.1) is 0 Å². The minimum Gasteiger partial charge on any atom is -0.508 e. The molecule has 0 bridgehead atoms. The van der Waals surface area contributed by atoms with E-state index in [0.717, 1.165) is 5.56 Å². The molecule has 3 N–H and O–H groups in total. The van der Waals surface area contributed by atoms with E-state index in [4.69, 9.17) is 5.11 Å². The minimum atomic E-state index is -0.232. The molecule has 6 heteroatoms. The second-order valence-electron chi connectivity index (χ2n) is 3.70. The van der Waals surface area contributed by atoms with Crippen LogP contribution in [-0.4, -0.2) is 21.3 Å². The van der Waals surface area contributed by atoms with Gasteiger partial charge in [0.15, 0.2) is 0 Å². The number of phenols is 1. The number of rotatable bonds is 3. The van der Waals surface area contributed by atoms with Crippen molar-refractivity contribution in [3.8, 4) is 5.75 Å². The van der Waals surface area contributed by atoms with E-state index in [1.165, 1.54) is 6.07 Å². The van der Waals surface area contributed by atoms with Crippen LogP contribution in [0.3, 0.4) is 0 Å². The van der Waals surface area contributed by atoms with E-state index in [0.29, 0.717) is 5.69 Å². The van der Waals surface area contributed by atoms with E-state index in [1.807, 2.05) is 0 Å². The molecule has 6 nitrogen and oxygen atoms in total. The van der Waals surface area contributed by atoms with E-state index < -0.39 is 0 Å². The van der Waals surface area contributed by atoms with Crippen LogP contribution in [0.15, 0.2) is 40.2 Å². The van der Waals surface area contributed by atoms with Crippen molar-refractivity contribution in [2.75, 3.05) is 5.43 Å². The molecule has 0 aliphatic carbocycles. The lowest BCUT2D eigenvalue weighted by atomic mass is 10.2. The Morgan fingerprint density at radius 2 is 2.11 bits per heavy atom. The third kappa shape index (κ3) is 3.18. The van der Waals surface area contributed by atoms with E-state index >= 15 is 0 Å². The molecule has 0 amide bonds. The fourth-order valence-corrected chi connectivity index (χ4v) is 1.36. The molecule has 0 aliphatic rings. The van der Waals surface area contributed by atoms with E-state index in [9.17, 15) is 4.79 Å². The van der Waals surface area contributed by atoms with Crippen molar-refractivity contribution in [2.45, 2.75) is 6.92 Å². The van der Waals surface area contributed by atoms with Gasteiger partial charge in [-0.2, -0.15) is 5.10 Å². The predicted octanol–water partition coefficient (Wildman–Crippen LogP) is 1.23. The number of hydrogen-bond acceptors (Lipinski definition) is 5. The van der Waals surface area contributed by atoms with Crippen molar-refractivity contribution in [1.82, 2.24) is 9.97 Å². The quantitative estimate of drug-likeness (QED) is 0.559. The Morgan fingerprint density at radius 3 is 2.78 bits per heavy atom. The van der Waals surface area contributed by atoms with Gasteiger partial charge in [0.2, 0.25) is 5.95 Å². The average molecular weight is 244 g/mol. The van der Waals surface area contributed by atoms with Crippen LogP contribution in [0, 0.1) is 6.92 Å². The number of benzene rings is 1. The van der Waals surface area contributed by atoms with Crippen LogP contribution in [0.5, 0.6) is 5.75 Å². The molecule has 0 spiro atoms. The summed E-state index contributed by atoms with van der Waals surface area (Å²) >= 11 is 0. The van der Waals surface area contributed by atoms with Crippen LogP contribution in [0.1, 0.15) is 11.3 Å². The first-order valence-electron chi connectivity index (χ1n) is 5.29.